The number of nitrogens with one attached hydrogen (secondary N) is 1. The average molecular weight is 431 g/mol. The SMILES string of the molecule is CCCCCCCNC(=O)n1nc(-c2ccc(Cl)cc2)c(-c2ccc(Cl)cc2)n1. The molecular weight excluding hydrogens is 407 g/mol. The zero-order chi connectivity index (χ0) is 20.6. The van der Waals surface area contributed by atoms with Crippen LogP contribution >= 0.6 is 23.2 Å². The standard InChI is InChI=1S/C22H24Cl2N4O/c1-2-3-4-5-6-15-25-22(29)28-26-20(16-7-11-18(23)12-8-16)21(27-28)17-9-13-19(24)14-10-17/h7-14H,2-6,15H2,1H3,(H,25,29). The van der Waals surface area contributed by atoms with Gasteiger partial charge >= 0.3 is 6.03 Å². The van der Waals surface area contributed by atoms with E-state index in [1.807, 2.05) is 24.3 Å². The fourth-order valence-corrected chi connectivity index (χ4v) is 3.25. The lowest BCUT2D eigenvalue weighted by atomic mass is 10.1. The molecule has 1 amide bonds. The number of rotatable bonds is 8. The third-order valence-corrected chi connectivity index (χ3v) is 5.09. The molecule has 3 aromatic rings. The van der Waals surface area contributed by atoms with Crippen molar-refractivity contribution in [2.75, 3.05) is 6.54 Å². The van der Waals surface area contributed by atoms with Gasteiger partial charge in [0.05, 0.1) is 0 Å². The van der Waals surface area contributed by atoms with Crippen molar-refractivity contribution < 1.29 is 4.79 Å². The van der Waals surface area contributed by atoms with Crippen molar-refractivity contribution in [1.82, 2.24) is 20.3 Å². The Morgan fingerprint density at radius 2 is 1.31 bits per heavy atom. The summed E-state index contributed by atoms with van der Waals surface area (Å²) in [6, 6.07) is 14.3. The van der Waals surface area contributed by atoms with Crippen LogP contribution < -0.4 is 5.32 Å². The molecule has 2 aromatic carbocycles. The summed E-state index contributed by atoms with van der Waals surface area (Å²) >= 11 is 12.0. The number of nitrogens with zero attached hydrogens (tertiary/aromatic N) is 3. The first-order valence-corrected chi connectivity index (χ1v) is 10.6. The van der Waals surface area contributed by atoms with Gasteiger partial charge in [-0.05, 0) is 30.7 Å². The van der Waals surface area contributed by atoms with Gasteiger partial charge in [0.25, 0.3) is 0 Å². The molecule has 7 heteroatoms. The highest BCUT2D eigenvalue weighted by molar-refractivity contribution is 6.31. The van der Waals surface area contributed by atoms with Gasteiger partial charge in [-0.25, -0.2) is 4.79 Å². The van der Waals surface area contributed by atoms with Crippen LogP contribution in [0.2, 0.25) is 10.0 Å². The van der Waals surface area contributed by atoms with Crippen LogP contribution in [0.25, 0.3) is 22.5 Å². The molecule has 0 unspecified atom stereocenters. The Balaban J connectivity index is 1.81. The summed E-state index contributed by atoms with van der Waals surface area (Å²) in [6.07, 6.45) is 5.66. The number of halogens is 2. The van der Waals surface area contributed by atoms with Crippen LogP contribution in [0.15, 0.2) is 48.5 Å². The van der Waals surface area contributed by atoms with E-state index in [-0.39, 0.29) is 6.03 Å². The molecule has 152 valence electrons. The Kier molecular flexibility index (Phi) is 7.67. The van der Waals surface area contributed by atoms with Crippen LogP contribution in [-0.2, 0) is 0 Å². The number of unbranched alkanes of at least 4 members (excludes halogenated alkanes) is 4. The lowest BCUT2D eigenvalue weighted by Gasteiger charge is -2.03. The lowest BCUT2D eigenvalue weighted by Crippen LogP contribution is -2.31. The number of amides is 1. The molecule has 0 fully saturated rings. The van der Waals surface area contributed by atoms with Crippen molar-refractivity contribution >= 4 is 29.2 Å². The summed E-state index contributed by atoms with van der Waals surface area (Å²) in [5, 5.41) is 13.1. The van der Waals surface area contributed by atoms with Crippen molar-refractivity contribution in [3.8, 4) is 22.5 Å². The molecule has 0 aliphatic heterocycles. The van der Waals surface area contributed by atoms with Crippen molar-refractivity contribution in [1.29, 1.82) is 0 Å². The van der Waals surface area contributed by atoms with Crippen LogP contribution in [0.5, 0.6) is 0 Å². The Morgan fingerprint density at radius 3 is 1.79 bits per heavy atom. The number of benzene rings is 2. The van der Waals surface area contributed by atoms with Crippen LogP contribution in [0.3, 0.4) is 0 Å². The predicted octanol–water partition coefficient (Wildman–Crippen LogP) is 6.45. The second-order valence-electron chi connectivity index (χ2n) is 6.85. The molecule has 0 saturated carbocycles. The van der Waals surface area contributed by atoms with Gasteiger partial charge < -0.3 is 5.32 Å². The molecule has 0 aliphatic rings. The van der Waals surface area contributed by atoms with Crippen molar-refractivity contribution in [2.45, 2.75) is 39.0 Å². The predicted molar refractivity (Wildman–Crippen MR) is 118 cm³/mol. The van der Waals surface area contributed by atoms with Crippen LogP contribution in [0.4, 0.5) is 4.79 Å². The third kappa shape index (κ3) is 5.81. The van der Waals surface area contributed by atoms with E-state index in [0.29, 0.717) is 28.0 Å². The zero-order valence-corrected chi connectivity index (χ0v) is 17.9. The van der Waals surface area contributed by atoms with Crippen LogP contribution in [0, 0.1) is 0 Å². The molecule has 0 spiro atoms. The molecule has 1 aromatic heterocycles. The summed E-state index contributed by atoms with van der Waals surface area (Å²) < 4.78 is 0. The van der Waals surface area contributed by atoms with E-state index in [4.69, 9.17) is 23.2 Å². The molecular formula is C22H24Cl2N4O. The number of carbonyl (C=O) groups excluding carboxylic acids is 1. The van der Waals surface area contributed by atoms with Gasteiger partial charge in [-0.15, -0.1) is 10.2 Å². The summed E-state index contributed by atoms with van der Waals surface area (Å²) in [6.45, 7) is 2.79. The Hall–Kier alpha value is -2.37. The van der Waals surface area contributed by atoms with E-state index in [1.165, 1.54) is 19.3 Å². The van der Waals surface area contributed by atoms with E-state index in [9.17, 15) is 4.79 Å². The Bertz CT molecular complexity index is 873. The maximum absolute atomic E-state index is 12.6. The molecule has 0 atom stereocenters. The number of hydrogen-bond donors (Lipinski definition) is 1. The van der Waals surface area contributed by atoms with E-state index >= 15 is 0 Å². The summed E-state index contributed by atoms with van der Waals surface area (Å²) in [4.78, 5) is 13.7. The molecule has 0 aliphatic carbocycles. The highest BCUT2D eigenvalue weighted by atomic mass is 35.5. The Morgan fingerprint density at radius 1 is 0.828 bits per heavy atom. The first-order valence-electron chi connectivity index (χ1n) is 9.86. The highest BCUT2D eigenvalue weighted by Gasteiger charge is 2.18. The van der Waals surface area contributed by atoms with Gasteiger partial charge in [-0.3, -0.25) is 0 Å². The van der Waals surface area contributed by atoms with E-state index < -0.39 is 0 Å². The monoisotopic (exact) mass is 430 g/mol. The summed E-state index contributed by atoms with van der Waals surface area (Å²) in [5.41, 5.74) is 2.89. The minimum Gasteiger partial charge on any atom is -0.335 e. The highest BCUT2D eigenvalue weighted by Crippen LogP contribution is 2.30. The normalized spacial score (nSPS) is 10.9. The quantitative estimate of drug-likeness (QED) is 0.417. The molecule has 29 heavy (non-hydrogen) atoms. The molecule has 0 radical (unpaired) electrons. The molecule has 0 saturated heterocycles. The van der Waals surface area contributed by atoms with Gasteiger partial charge in [-0.1, -0.05) is 84.9 Å². The molecule has 5 nitrogen and oxygen atoms in total. The summed E-state index contributed by atoms with van der Waals surface area (Å²) in [7, 11) is 0. The smallest absolute Gasteiger partial charge is 0.335 e. The molecule has 1 heterocycles. The maximum Gasteiger partial charge on any atom is 0.359 e. The maximum atomic E-state index is 12.6. The molecule has 1 N–H and O–H groups in total. The van der Waals surface area contributed by atoms with E-state index in [2.05, 4.69) is 22.4 Å². The van der Waals surface area contributed by atoms with Crippen molar-refractivity contribution in [2.24, 2.45) is 0 Å². The van der Waals surface area contributed by atoms with Gasteiger partial charge in [0.2, 0.25) is 0 Å². The van der Waals surface area contributed by atoms with Gasteiger partial charge in [0, 0.05) is 27.7 Å². The Labute approximate surface area is 181 Å². The second-order valence-corrected chi connectivity index (χ2v) is 7.72. The van der Waals surface area contributed by atoms with E-state index in [0.717, 1.165) is 28.8 Å². The number of aromatic nitrogens is 3. The molecule has 0 bridgehead atoms. The fourth-order valence-electron chi connectivity index (χ4n) is 3.00. The minimum atomic E-state index is -0.337. The van der Waals surface area contributed by atoms with Gasteiger partial charge in [-0.2, -0.15) is 0 Å². The first-order chi connectivity index (χ1) is 14.1. The van der Waals surface area contributed by atoms with Gasteiger partial charge in [0.1, 0.15) is 11.4 Å². The van der Waals surface area contributed by atoms with Crippen molar-refractivity contribution in [3.63, 3.8) is 0 Å². The second kappa shape index (κ2) is 10.4. The number of hydrogen-bond acceptors (Lipinski definition) is 3. The fraction of sp³-hybridized carbons (Fsp3) is 0.318. The summed E-state index contributed by atoms with van der Waals surface area (Å²) in [5.74, 6) is 0. The minimum absolute atomic E-state index is 0.337. The third-order valence-electron chi connectivity index (χ3n) is 4.59. The van der Waals surface area contributed by atoms with E-state index in [1.54, 1.807) is 24.3 Å². The molecule has 3 rings (SSSR count). The lowest BCUT2D eigenvalue weighted by molar-refractivity contribution is 0.236. The van der Waals surface area contributed by atoms with Crippen LogP contribution in [-0.4, -0.2) is 27.6 Å². The largest absolute Gasteiger partial charge is 0.359 e. The first kappa shape index (κ1) is 21.3. The van der Waals surface area contributed by atoms with Crippen LogP contribution in [0.1, 0.15) is 39.0 Å². The zero-order valence-electron chi connectivity index (χ0n) is 16.4. The van der Waals surface area contributed by atoms with Crippen molar-refractivity contribution in [3.05, 3.63) is 58.6 Å². The average Bonchev–Trinajstić information content (AvgIpc) is 3.17. The number of carbonyl (C=O) groups is 1. The topological polar surface area (TPSA) is 59.8 Å². The van der Waals surface area contributed by atoms with Gasteiger partial charge in [0.15, 0.2) is 0 Å².